The van der Waals surface area contributed by atoms with Gasteiger partial charge in [0, 0.05) is 26.2 Å². The number of carbonyl (C=O) groups is 1. The minimum atomic E-state index is -3.62. The SMILES string of the molecule is COc1ccc(S(=O)(=O)N2CCCN(c3nc(C(=O)O)co3)CC2)cc1. The first-order chi connectivity index (χ1) is 12.4. The number of hydrogen-bond donors (Lipinski definition) is 1. The van der Waals surface area contributed by atoms with E-state index in [4.69, 9.17) is 14.3 Å². The predicted octanol–water partition coefficient (Wildman–Crippen LogP) is 1.28. The number of benzene rings is 1. The van der Waals surface area contributed by atoms with Crippen LogP contribution in [0.15, 0.2) is 39.8 Å². The van der Waals surface area contributed by atoms with Gasteiger partial charge in [0.1, 0.15) is 12.0 Å². The molecule has 1 saturated heterocycles. The minimum Gasteiger partial charge on any atom is -0.497 e. The van der Waals surface area contributed by atoms with Crippen molar-refractivity contribution in [2.45, 2.75) is 11.3 Å². The van der Waals surface area contributed by atoms with Crippen molar-refractivity contribution in [3.8, 4) is 5.75 Å². The first-order valence-electron chi connectivity index (χ1n) is 8.00. The molecule has 1 aromatic heterocycles. The zero-order valence-corrected chi connectivity index (χ0v) is 15.0. The third-order valence-corrected chi connectivity index (χ3v) is 6.05. The smallest absolute Gasteiger partial charge is 0.357 e. The molecule has 0 amide bonds. The fourth-order valence-corrected chi connectivity index (χ4v) is 4.20. The first-order valence-corrected chi connectivity index (χ1v) is 9.44. The quantitative estimate of drug-likeness (QED) is 0.824. The average molecular weight is 381 g/mol. The number of aromatic carboxylic acids is 1. The van der Waals surface area contributed by atoms with Gasteiger partial charge in [0.15, 0.2) is 5.69 Å². The zero-order chi connectivity index (χ0) is 18.7. The summed E-state index contributed by atoms with van der Waals surface area (Å²) < 4.78 is 37.3. The molecular formula is C16H19N3O6S. The van der Waals surface area contributed by atoms with Crippen LogP contribution in [0.2, 0.25) is 0 Å². The molecule has 0 bridgehead atoms. The summed E-state index contributed by atoms with van der Waals surface area (Å²) in [5, 5.41) is 8.93. The molecule has 2 aromatic rings. The van der Waals surface area contributed by atoms with Gasteiger partial charge in [-0.25, -0.2) is 13.2 Å². The van der Waals surface area contributed by atoms with Gasteiger partial charge in [0.05, 0.1) is 12.0 Å². The molecule has 3 rings (SSSR count). The Morgan fingerprint density at radius 2 is 1.92 bits per heavy atom. The zero-order valence-electron chi connectivity index (χ0n) is 14.2. The van der Waals surface area contributed by atoms with Crippen LogP contribution in [0, 0.1) is 0 Å². The summed E-state index contributed by atoms with van der Waals surface area (Å²) in [5.74, 6) is -0.581. The van der Waals surface area contributed by atoms with E-state index >= 15 is 0 Å². The maximum atomic E-state index is 12.8. The van der Waals surface area contributed by atoms with Gasteiger partial charge in [-0.1, -0.05) is 0 Å². The van der Waals surface area contributed by atoms with Gasteiger partial charge in [-0.15, -0.1) is 0 Å². The number of aromatic nitrogens is 1. The Morgan fingerprint density at radius 1 is 1.19 bits per heavy atom. The molecule has 0 unspecified atom stereocenters. The fraction of sp³-hybridized carbons (Fsp3) is 0.375. The Labute approximate surface area is 150 Å². The highest BCUT2D eigenvalue weighted by Crippen LogP contribution is 2.22. The second-order valence-electron chi connectivity index (χ2n) is 5.74. The van der Waals surface area contributed by atoms with Gasteiger partial charge in [-0.3, -0.25) is 0 Å². The van der Waals surface area contributed by atoms with Crippen LogP contribution in [0.3, 0.4) is 0 Å². The van der Waals surface area contributed by atoms with Gasteiger partial charge >= 0.3 is 5.97 Å². The van der Waals surface area contributed by atoms with E-state index < -0.39 is 16.0 Å². The molecule has 1 aliphatic heterocycles. The second kappa shape index (κ2) is 7.34. The predicted molar refractivity (Wildman–Crippen MR) is 92.0 cm³/mol. The molecule has 0 atom stereocenters. The van der Waals surface area contributed by atoms with Crippen LogP contribution in [-0.4, -0.2) is 62.1 Å². The molecule has 1 aliphatic rings. The summed E-state index contributed by atoms with van der Waals surface area (Å²) in [5.41, 5.74) is -0.174. The number of methoxy groups -OCH3 is 1. The van der Waals surface area contributed by atoms with Gasteiger partial charge in [-0.2, -0.15) is 9.29 Å². The van der Waals surface area contributed by atoms with Gasteiger partial charge in [-0.05, 0) is 30.7 Å². The number of rotatable bonds is 5. The largest absolute Gasteiger partial charge is 0.497 e. The van der Waals surface area contributed by atoms with Crippen LogP contribution in [0.25, 0.3) is 0 Å². The Kier molecular flexibility index (Phi) is 5.14. The number of sulfonamides is 1. The third kappa shape index (κ3) is 3.65. The molecule has 0 radical (unpaired) electrons. The van der Waals surface area contributed by atoms with E-state index in [9.17, 15) is 13.2 Å². The summed E-state index contributed by atoms with van der Waals surface area (Å²) in [6, 6.07) is 6.44. The number of oxazole rings is 1. The van der Waals surface area contributed by atoms with Crippen molar-refractivity contribution < 1.29 is 27.5 Å². The van der Waals surface area contributed by atoms with Crippen molar-refractivity contribution in [1.82, 2.24) is 9.29 Å². The van der Waals surface area contributed by atoms with E-state index in [1.807, 2.05) is 0 Å². The maximum Gasteiger partial charge on any atom is 0.357 e. The number of ether oxygens (including phenoxy) is 1. The third-order valence-electron chi connectivity index (χ3n) is 4.13. The van der Waals surface area contributed by atoms with Gasteiger partial charge < -0.3 is 19.2 Å². The van der Waals surface area contributed by atoms with Crippen LogP contribution in [0.5, 0.6) is 5.75 Å². The minimum absolute atomic E-state index is 0.174. The van der Waals surface area contributed by atoms with Crippen molar-refractivity contribution in [1.29, 1.82) is 0 Å². The molecule has 1 fully saturated rings. The fourth-order valence-electron chi connectivity index (χ4n) is 2.73. The molecule has 0 saturated carbocycles. The molecule has 2 heterocycles. The lowest BCUT2D eigenvalue weighted by Crippen LogP contribution is -2.35. The molecule has 1 aromatic carbocycles. The summed E-state index contributed by atoms with van der Waals surface area (Å²) in [7, 11) is -2.10. The standard InChI is InChI=1S/C16H19N3O6S/c1-24-12-3-5-13(6-4-12)26(22,23)19-8-2-7-18(9-10-19)16-17-14(11-25-16)15(20)21/h3-6,11H,2,7-10H2,1H3,(H,20,21). The molecular weight excluding hydrogens is 362 g/mol. The summed E-state index contributed by atoms with van der Waals surface area (Å²) in [6.07, 6.45) is 1.65. The second-order valence-corrected chi connectivity index (χ2v) is 7.68. The summed E-state index contributed by atoms with van der Waals surface area (Å²) in [6.45, 7) is 1.49. The molecule has 26 heavy (non-hydrogen) atoms. The van der Waals surface area contributed by atoms with Crippen LogP contribution in [0.4, 0.5) is 6.01 Å². The van der Waals surface area contributed by atoms with Gasteiger partial charge in [0.25, 0.3) is 6.01 Å². The van der Waals surface area contributed by atoms with Crippen molar-refractivity contribution >= 4 is 22.0 Å². The highest BCUT2D eigenvalue weighted by Gasteiger charge is 2.28. The topological polar surface area (TPSA) is 113 Å². The number of nitrogens with zero attached hydrogens (tertiary/aromatic N) is 3. The van der Waals surface area contributed by atoms with E-state index in [1.54, 1.807) is 17.0 Å². The molecule has 9 nitrogen and oxygen atoms in total. The van der Waals surface area contributed by atoms with Crippen molar-refractivity contribution in [3.63, 3.8) is 0 Å². The van der Waals surface area contributed by atoms with Crippen LogP contribution in [-0.2, 0) is 10.0 Å². The Balaban J connectivity index is 1.73. The van der Waals surface area contributed by atoms with Crippen molar-refractivity contribution in [2.24, 2.45) is 0 Å². The van der Waals surface area contributed by atoms with E-state index in [2.05, 4.69) is 4.98 Å². The van der Waals surface area contributed by atoms with E-state index in [-0.39, 0.29) is 23.1 Å². The lowest BCUT2D eigenvalue weighted by molar-refractivity contribution is 0.0690. The highest BCUT2D eigenvalue weighted by atomic mass is 32.2. The Bertz CT molecular complexity index is 878. The van der Waals surface area contributed by atoms with Crippen LogP contribution < -0.4 is 9.64 Å². The monoisotopic (exact) mass is 381 g/mol. The maximum absolute atomic E-state index is 12.8. The molecule has 1 N–H and O–H groups in total. The highest BCUT2D eigenvalue weighted by molar-refractivity contribution is 7.89. The number of carboxylic acids is 1. The molecule has 10 heteroatoms. The molecule has 0 spiro atoms. The van der Waals surface area contributed by atoms with E-state index in [1.165, 1.54) is 23.5 Å². The van der Waals surface area contributed by atoms with E-state index in [0.717, 1.165) is 6.26 Å². The Hall–Kier alpha value is -2.59. The average Bonchev–Trinajstić information content (AvgIpc) is 3.00. The summed E-state index contributed by atoms with van der Waals surface area (Å²) >= 11 is 0. The lowest BCUT2D eigenvalue weighted by atomic mass is 10.3. The lowest BCUT2D eigenvalue weighted by Gasteiger charge is -2.21. The summed E-state index contributed by atoms with van der Waals surface area (Å²) in [4.78, 5) is 16.8. The normalized spacial score (nSPS) is 16.3. The molecule has 0 aliphatic carbocycles. The van der Waals surface area contributed by atoms with Crippen molar-refractivity contribution in [2.75, 3.05) is 38.2 Å². The van der Waals surface area contributed by atoms with Crippen LogP contribution >= 0.6 is 0 Å². The number of hydrogen-bond acceptors (Lipinski definition) is 7. The van der Waals surface area contributed by atoms with E-state index in [0.29, 0.717) is 31.8 Å². The first kappa shape index (κ1) is 18.2. The number of carboxylic acid groups (broad SMARTS) is 1. The number of anilines is 1. The molecule has 140 valence electrons. The van der Waals surface area contributed by atoms with Crippen LogP contribution in [0.1, 0.15) is 16.9 Å². The van der Waals surface area contributed by atoms with Crippen molar-refractivity contribution in [3.05, 3.63) is 36.2 Å². The Morgan fingerprint density at radius 3 is 2.54 bits per heavy atom. The van der Waals surface area contributed by atoms with Gasteiger partial charge in [0.2, 0.25) is 10.0 Å².